The maximum atomic E-state index is 6.94. The lowest BCUT2D eigenvalue weighted by atomic mass is 10.0. The number of allylic oxidation sites excluding steroid dienone is 2. The molecule has 3 heteroatoms. The van der Waals surface area contributed by atoms with E-state index in [1.54, 1.807) is 6.08 Å². The highest BCUT2D eigenvalue weighted by atomic mass is 15.2. The lowest BCUT2D eigenvalue weighted by Gasteiger charge is -2.41. The highest BCUT2D eigenvalue weighted by Crippen LogP contribution is 2.24. The molecule has 0 bridgehead atoms. The third-order valence-electron chi connectivity index (χ3n) is 2.94. The molecule has 0 aromatic rings. The molecule has 0 unspecified atom stereocenters. The van der Waals surface area contributed by atoms with E-state index in [9.17, 15) is 0 Å². The van der Waals surface area contributed by atoms with Crippen molar-refractivity contribution in [3.8, 4) is 0 Å². The van der Waals surface area contributed by atoms with Gasteiger partial charge in [-0.1, -0.05) is 0 Å². The summed E-state index contributed by atoms with van der Waals surface area (Å²) in [6.07, 6.45) is 9.87. The molecule has 2 rings (SSSR count). The molecule has 1 saturated heterocycles. The molecule has 0 radical (unpaired) electrons. The van der Waals surface area contributed by atoms with Gasteiger partial charge in [-0.25, -0.2) is 0 Å². The van der Waals surface area contributed by atoms with Crippen LogP contribution >= 0.6 is 0 Å². The predicted molar refractivity (Wildman–Crippen MR) is 58.6 cm³/mol. The SMILES string of the molecule is N=C/C=C\C1=CCN1C1CCNCC1. The van der Waals surface area contributed by atoms with E-state index in [4.69, 9.17) is 5.41 Å². The Hall–Kier alpha value is -1.09. The summed E-state index contributed by atoms with van der Waals surface area (Å²) < 4.78 is 0. The van der Waals surface area contributed by atoms with Crippen LogP contribution in [0.15, 0.2) is 23.9 Å². The summed E-state index contributed by atoms with van der Waals surface area (Å²) in [5, 5.41) is 10.3. The first-order chi connectivity index (χ1) is 6.92. The molecule has 0 amide bonds. The second-order valence-electron chi connectivity index (χ2n) is 3.79. The molecule has 2 aliphatic rings. The van der Waals surface area contributed by atoms with Crippen LogP contribution in [-0.2, 0) is 0 Å². The molecule has 2 heterocycles. The van der Waals surface area contributed by atoms with Gasteiger partial charge >= 0.3 is 0 Å². The fraction of sp³-hybridized carbons (Fsp3) is 0.545. The molecule has 2 aliphatic heterocycles. The second-order valence-corrected chi connectivity index (χ2v) is 3.79. The van der Waals surface area contributed by atoms with Gasteiger partial charge in [0.05, 0.1) is 0 Å². The molecule has 2 N–H and O–H groups in total. The number of piperidine rings is 1. The van der Waals surface area contributed by atoms with Crippen LogP contribution in [0, 0.1) is 5.41 Å². The van der Waals surface area contributed by atoms with Crippen molar-refractivity contribution in [3.05, 3.63) is 23.9 Å². The van der Waals surface area contributed by atoms with Gasteiger partial charge in [-0.05, 0) is 44.2 Å². The average molecular weight is 191 g/mol. The van der Waals surface area contributed by atoms with Crippen molar-refractivity contribution >= 4 is 6.21 Å². The van der Waals surface area contributed by atoms with Crippen molar-refractivity contribution in [1.29, 1.82) is 5.41 Å². The Morgan fingerprint density at radius 3 is 2.79 bits per heavy atom. The van der Waals surface area contributed by atoms with Crippen LogP contribution in [0.25, 0.3) is 0 Å². The maximum absolute atomic E-state index is 6.94. The summed E-state index contributed by atoms with van der Waals surface area (Å²) in [6.45, 7) is 3.37. The van der Waals surface area contributed by atoms with Crippen molar-refractivity contribution in [1.82, 2.24) is 10.2 Å². The summed E-state index contributed by atoms with van der Waals surface area (Å²) in [5.41, 5.74) is 1.29. The van der Waals surface area contributed by atoms with Crippen molar-refractivity contribution in [2.45, 2.75) is 18.9 Å². The maximum Gasteiger partial charge on any atom is 0.0385 e. The molecule has 0 atom stereocenters. The third kappa shape index (κ3) is 1.87. The van der Waals surface area contributed by atoms with Crippen LogP contribution in [0.1, 0.15) is 12.8 Å². The number of nitrogens with zero attached hydrogens (tertiary/aromatic N) is 1. The van der Waals surface area contributed by atoms with Crippen LogP contribution in [0.2, 0.25) is 0 Å². The summed E-state index contributed by atoms with van der Waals surface area (Å²) in [6, 6.07) is 0.714. The van der Waals surface area contributed by atoms with E-state index in [2.05, 4.69) is 16.3 Å². The van der Waals surface area contributed by atoms with Crippen molar-refractivity contribution < 1.29 is 0 Å². The Morgan fingerprint density at radius 1 is 1.43 bits per heavy atom. The van der Waals surface area contributed by atoms with E-state index in [-0.39, 0.29) is 0 Å². The summed E-state index contributed by atoms with van der Waals surface area (Å²) in [7, 11) is 0. The Balaban J connectivity index is 1.90. The Morgan fingerprint density at radius 2 is 2.21 bits per heavy atom. The first-order valence-corrected chi connectivity index (χ1v) is 5.26. The van der Waals surface area contributed by atoms with Gasteiger partial charge in [-0.3, -0.25) is 0 Å². The number of nitrogens with one attached hydrogen (secondary N) is 2. The van der Waals surface area contributed by atoms with Gasteiger partial charge in [0.15, 0.2) is 0 Å². The summed E-state index contributed by atoms with van der Waals surface area (Å²) in [5.74, 6) is 0. The molecule has 76 valence electrons. The number of hydrogen-bond acceptors (Lipinski definition) is 3. The average Bonchev–Trinajstić information content (AvgIpc) is 2.18. The highest BCUT2D eigenvalue weighted by Gasteiger charge is 2.25. The van der Waals surface area contributed by atoms with Crippen LogP contribution in [0.3, 0.4) is 0 Å². The van der Waals surface area contributed by atoms with Crippen LogP contribution < -0.4 is 5.32 Å². The fourth-order valence-electron chi connectivity index (χ4n) is 2.09. The van der Waals surface area contributed by atoms with Gasteiger partial charge in [-0.15, -0.1) is 0 Å². The van der Waals surface area contributed by atoms with E-state index < -0.39 is 0 Å². The largest absolute Gasteiger partial charge is 0.365 e. The number of hydrogen-bond donors (Lipinski definition) is 2. The molecule has 1 fully saturated rings. The fourth-order valence-corrected chi connectivity index (χ4v) is 2.09. The lowest BCUT2D eigenvalue weighted by molar-refractivity contribution is 0.206. The third-order valence-corrected chi connectivity index (χ3v) is 2.94. The first-order valence-electron chi connectivity index (χ1n) is 5.26. The topological polar surface area (TPSA) is 39.1 Å². The van der Waals surface area contributed by atoms with E-state index in [0.717, 1.165) is 19.6 Å². The van der Waals surface area contributed by atoms with Gasteiger partial charge in [0.2, 0.25) is 0 Å². The monoisotopic (exact) mass is 191 g/mol. The lowest BCUT2D eigenvalue weighted by Crippen LogP contribution is -2.45. The summed E-state index contributed by atoms with van der Waals surface area (Å²) >= 11 is 0. The number of rotatable bonds is 3. The minimum Gasteiger partial charge on any atom is -0.365 e. The van der Waals surface area contributed by atoms with Crippen LogP contribution in [0.5, 0.6) is 0 Å². The van der Waals surface area contributed by atoms with Gasteiger partial charge in [-0.2, -0.15) is 0 Å². The second kappa shape index (κ2) is 4.42. The standard InChI is InChI=1S/C11H17N3/c12-6-1-2-10-5-9-14(10)11-3-7-13-8-4-11/h1-2,5-6,11-13H,3-4,7-9H2/b2-1-,12-6?. The Bertz CT molecular complexity index is 262. The molecule has 0 spiro atoms. The Labute approximate surface area is 85.0 Å². The van der Waals surface area contributed by atoms with Gasteiger partial charge in [0.1, 0.15) is 0 Å². The van der Waals surface area contributed by atoms with Crippen LogP contribution in [-0.4, -0.2) is 36.8 Å². The first kappa shape index (κ1) is 9.46. The van der Waals surface area contributed by atoms with Gasteiger partial charge in [0, 0.05) is 24.5 Å². The summed E-state index contributed by atoms with van der Waals surface area (Å²) in [4.78, 5) is 2.45. The smallest absolute Gasteiger partial charge is 0.0385 e. The zero-order chi connectivity index (χ0) is 9.80. The van der Waals surface area contributed by atoms with E-state index in [1.807, 2.05) is 6.08 Å². The van der Waals surface area contributed by atoms with Gasteiger partial charge in [0.25, 0.3) is 0 Å². The normalized spacial score (nSPS) is 23.4. The minimum atomic E-state index is 0.714. The molecule has 14 heavy (non-hydrogen) atoms. The van der Waals surface area contributed by atoms with Crippen LogP contribution in [0.4, 0.5) is 0 Å². The van der Waals surface area contributed by atoms with E-state index in [0.29, 0.717) is 6.04 Å². The minimum absolute atomic E-state index is 0.714. The van der Waals surface area contributed by atoms with Crippen molar-refractivity contribution in [2.75, 3.05) is 19.6 Å². The molecule has 0 saturated carbocycles. The zero-order valence-corrected chi connectivity index (χ0v) is 8.37. The molecular formula is C11H17N3. The molecule has 3 nitrogen and oxygen atoms in total. The molecular weight excluding hydrogens is 174 g/mol. The predicted octanol–water partition coefficient (Wildman–Crippen LogP) is 1.14. The van der Waals surface area contributed by atoms with E-state index in [1.165, 1.54) is 24.8 Å². The Kier molecular flexibility index (Phi) is 2.99. The highest BCUT2D eigenvalue weighted by molar-refractivity contribution is 5.68. The quantitative estimate of drug-likeness (QED) is 0.657. The zero-order valence-electron chi connectivity index (χ0n) is 8.37. The molecule has 0 aliphatic carbocycles. The molecule has 0 aromatic heterocycles. The van der Waals surface area contributed by atoms with Crippen molar-refractivity contribution in [2.24, 2.45) is 0 Å². The van der Waals surface area contributed by atoms with E-state index >= 15 is 0 Å². The molecule has 0 aromatic carbocycles. The van der Waals surface area contributed by atoms with Crippen molar-refractivity contribution in [3.63, 3.8) is 0 Å². The van der Waals surface area contributed by atoms with Gasteiger partial charge < -0.3 is 15.6 Å².